The molecule has 0 spiro atoms. The van der Waals surface area contributed by atoms with Crippen molar-refractivity contribution in [2.24, 2.45) is 0 Å². The van der Waals surface area contributed by atoms with Crippen LogP contribution in [0.4, 0.5) is 17.1 Å². The third kappa shape index (κ3) is 3.33. The maximum Gasteiger partial charge on any atom is 0.137 e. The fraction of sp³-hybridized carbons (Fsp3) is 0. The largest absolute Gasteiger partial charge is 0.456 e. The zero-order valence-electron chi connectivity index (χ0n) is 20.5. The molecular formula is C35H22N2O. The van der Waals surface area contributed by atoms with Crippen molar-refractivity contribution < 1.29 is 4.42 Å². The van der Waals surface area contributed by atoms with Crippen molar-refractivity contribution in [3.63, 3.8) is 0 Å². The maximum absolute atomic E-state index is 6.41. The van der Waals surface area contributed by atoms with Gasteiger partial charge in [-0.3, -0.25) is 4.98 Å². The molecule has 0 saturated carbocycles. The number of hydrogen-bond acceptors (Lipinski definition) is 3. The molecular weight excluding hydrogens is 464 g/mol. The van der Waals surface area contributed by atoms with E-state index in [4.69, 9.17) is 4.42 Å². The minimum Gasteiger partial charge on any atom is -0.456 e. The fourth-order valence-corrected chi connectivity index (χ4v) is 5.56. The Morgan fingerprint density at radius 2 is 1.03 bits per heavy atom. The number of rotatable bonds is 3. The Balaban J connectivity index is 1.35. The van der Waals surface area contributed by atoms with Gasteiger partial charge in [-0.2, -0.15) is 0 Å². The van der Waals surface area contributed by atoms with Gasteiger partial charge in [0.25, 0.3) is 0 Å². The maximum atomic E-state index is 6.41. The zero-order valence-corrected chi connectivity index (χ0v) is 20.5. The number of hydrogen-bond donors (Lipinski definition) is 0. The molecule has 3 nitrogen and oxygen atoms in total. The van der Waals surface area contributed by atoms with Crippen LogP contribution in [0.15, 0.2) is 138 Å². The summed E-state index contributed by atoms with van der Waals surface area (Å²) in [6, 6.07) is 43.1. The van der Waals surface area contributed by atoms with E-state index < -0.39 is 0 Å². The quantitative estimate of drug-likeness (QED) is 0.249. The second kappa shape index (κ2) is 8.19. The van der Waals surface area contributed by atoms with E-state index in [2.05, 4.69) is 125 Å². The third-order valence-electron chi connectivity index (χ3n) is 7.45. The Bertz CT molecular complexity index is 2080. The lowest BCUT2D eigenvalue weighted by Gasteiger charge is -2.26. The van der Waals surface area contributed by atoms with Crippen LogP contribution < -0.4 is 4.90 Å². The number of benzene rings is 6. The van der Waals surface area contributed by atoms with Crippen LogP contribution in [0.2, 0.25) is 0 Å². The van der Waals surface area contributed by atoms with Crippen LogP contribution in [0, 0.1) is 0 Å². The van der Waals surface area contributed by atoms with E-state index in [1.54, 1.807) is 0 Å². The summed E-state index contributed by atoms with van der Waals surface area (Å²) in [5.41, 5.74) is 5.00. The summed E-state index contributed by atoms with van der Waals surface area (Å²) in [6.07, 6.45) is 3.72. The van der Waals surface area contributed by atoms with Crippen LogP contribution in [0.25, 0.3) is 54.3 Å². The van der Waals surface area contributed by atoms with Crippen LogP contribution in [0.1, 0.15) is 0 Å². The molecule has 0 saturated heterocycles. The second-order valence-electron chi connectivity index (χ2n) is 9.75. The molecule has 0 N–H and O–H groups in total. The molecule has 0 fully saturated rings. The fourth-order valence-electron chi connectivity index (χ4n) is 5.56. The molecule has 178 valence electrons. The van der Waals surface area contributed by atoms with E-state index >= 15 is 0 Å². The highest BCUT2D eigenvalue weighted by atomic mass is 16.3. The van der Waals surface area contributed by atoms with E-state index in [9.17, 15) is 0 Å². The smallest absolute Gasteiger partial charge is 0.137 e. The zero-order chi connectivity index (χ0) is 25.1. The lowest BCUT2D eigenvalue weighted by atomic mass is 10.1. The molecule has 0 radical (unpaired) electrons. The summed E-state index contributed by atoms with van der Waals surface area (Å²) in [6.45, 7) is 0. The standard InChI is InChI=1S/C35H22N2O/c1-3-7-25-17-29(11-9-23(25)5-1)37(30-12-10-24-6-2-4-8-26(24)18-30)31-13-14-32-33-19-27-15-16-36-22-28(27)20-34(33)38-35(32)21-31/h1-22H. The predicted octanol–water partition coefficient (Wildman–Crippen LogP) is 9.91. The normalized spacial score (nSPS) is 11.7. The average Bonchev–Trinajstić information content (AvgIpc) is 3.32. The van der Waals surface area contributed by atoms with Gasteiger partial charge in [0.15, 0.2) is 0 Å². The monoisotopic (exact) mass is 486 g/mol. The molecule has 0 aliphatic carbocycles. The number of furan rings is 1. The summed E-state index contributed by atoms with van der Waals surface area (Å²) in [5.74, 6) is 0. The van der Waals surface area contributed by atoms with Crippen molar-refractivity contribution in [2.75, 3.05) is 4.90 Å². The van der Waals surface area contributed by atoms with Gasteiger partial charge in [0, 0.05) is 51.7 Å². The molecule has 3 heteroatoms. The molecule has 6 aromatic carbocycles. The van der Waals surface area contributed by atoms with Crippen molar-refractivity contribution in [3.8, 4) is 0 Å². The molecule has 0 atom stereocenters. The first-order valence-electron chi connectivity index (χ1n) is 12.8. The van der Waals surface area contributed by atoms with Gasteiger partial charge in [-0.05, 0) is 81.5 Å². The Labute approximate surface area is 219 Å². The highest BCUT2D eigenvalue weighted by Crippen LogP contribution is 2.40. The van der Waals surface area contributed by atoms with Crippen LogP contribution in [-0.2, 0) is 0 Å². The first kappa shape index (κ1) is 21.0. The molecule has 0 bridgehead atoms. The average molecular weight is 487 g/mol. The molecule has 8 rings (SSSR count). The van der Waals surface area contributed by atoms with E-state index in [1.807, 2.05) is 18.5 Å². The molecule has 0 aliphatic rings. The van der Waals surface area contributed by atoms with Crippen LogP contribution >= 0.6 is 0 Å². The Morgan fingerprint density at radius 3 is 1.74 bits per heavy atom. The van der Waals surface area contributed by atoms with Gasteiger partial charge in [0.2, 0.25) is 0 Å². The summed E-state index contributed by atoms with van der Waals surface area (Å²) in [4.78, 5) is 6.58. The number of aromatic nitrogens is 1. The highest BCUT2D eigenvalue weighted by Gasteiger charge is 2.16. The van der Waals surface area contributed by atoms with Crippen molar-refractivity contribution in [2.45, 2.75) is 0 Å². The number of anilines is 3. The lowest BCUT2D eigenvalue weighted by molar-refractivity contribution is 0.669. The van der Waals surface area contributed by atoms with Gasteiger partial charge in [-0.15, -0.1) is 0 Å². The van der Waals surface area contributed by atoms with Gasteiger partial charge < -0.3 is 9.32 Å². The van der Waals surface area contributed by atoms with Gasteiger partial charge >= 0.3 is 0 Å². The van der Waals surface area contributed by atoms with E-state index in [1.165, 1.54) is 21.5 Å². The summed E-state index contributed by atoms with van der Waals surface area (Å²) in [7, 11) is 0. The van der Waals surface area contributed by atoms with Crippen molar-refractivity contribution in [3.05, 3.63) is 134 Å². The van der Waals surface area contributed by atoms with Gasteiger partial charge in [-0.25, -0.2) is 0 Å². The minimum absolute atomic E-state index is 0.868. The highest BCUT2D eigenvalue weighted by molar-refractivity contribution is 6.10. The van der Waals surface area contributed by atoms with Gasteiger partial charge in [0.1, 0.15) is 11.2 Å². The molecule has 8 aromatic rings. The predicted molar refractivity (Wildman–Crippen MR) is 159 cm³/mol. The number of fused-ring (bicyclic) bond motifs is 6. The van der Waals surface area contributed by atoms with Gasteiger partial charge in [0.05, 0.1) is 0 Å². The topological polar surface area (TPSA) is 29.3 Å². The van der Waals surface area contributed by atoms with Crippen molar-refractivity contribution in [1.82, 2.24) is 4.98 Å². The minimum atomic E-state index is 0.868. The molecule has 2 aromatic heterocycles. The number of nitrogens with zero attached hydrogens (tertiary/aromatic N) is 2. The molecule has 0 aliphatic heterocycles. The van der Waals surface area contributed by atoms with Gasteiger partial charge in [-0.1, -0.05) is 60.7 Å². The summed E-state index contributed by atoms with van der Waals surface area (Å²) < 4.78 is 6.41. The molecule has 38 heavy (non-hydrogen) atoms. The third-order valence-corrected chi connectivity index (χ3v) is 7.45. The Morgan fingerprint density at radius 1 is 0.447 bits per heavy atom. The first-order valence-corrected chi connectivity index (χ1v) is 12.8. The summed E-state index contributed by atoms with van der Waals surface area (Å²) in [5, 5.41) is 9.34. The molecule has 0 unspecified atom stereocenters. The van der Waals surface area contributed by atoms with Crippen molar-refractivity contribution in [1.29, 1.82) is 0 Å². The van der Waals surface area contributed by atoms with E-state index in [0.717, 1.165) is 49.8 Å². The van der Waals surface area contributed by atoms with Crippen LogP contribution in [-0.4, -0.2) is 4.98 Å². The second-order valence-corrected chi connectivity index (χ2v) is 9.75. The van der Waals surface area contributed by atoms with Crippen LogP contribution in [0.5, 0.6) is 0 Å². The van der Waals surface area contributed by atoms with Crippen LogP contribution in [0.3, 0.4) is 0 Å². The number of pyridine rings is 1. The molecule has 2 heterocycles. The first-order chi connectivity index (χ1) is 18.8. The Kier molecular flexibility index (Phi) is 4.52. The van der Waals surface area contributed by atoms with E-state index in [-0.39, 0.29) is 0 Å². The van der Waals surface area contributed by atoms with E-state index in [0.29, 0.717) is 0 Å². The SMILES string of the molecule is c1ccc2cc(N(c3ccc4ccccc4c3)c3ccc4c(c3)oc3cc5cnccc5cc34)ccc2c1. The van der Waals surface area contributed by atoms with Crippen molar-refractivity contribution >= 4 is 71.3 Å². The Hall–Kier alpha value is -5.15. The molecule has 0 amide bonds. The summed E-state index contributed by atoms with van der Waals surface area (Å²) >= 11 is 0. The lowest BCUT2D eigenvalue weighted by Crippen LogP contribution is -2.09.